The van der Waals surface area contributed by atoms with Gasteiger partial charge in [-0.25, -0.2) is 4.79 Å². The Morgan fingerprint density at radius 1 is 1.12 bits per heavy atom. The Bertz CT molecular complexity index is 722. The Morgan fingerprint density at radius 2 is 1.83 bits per heavy atom. The average molecular weight is 344 g/mol. The highest BCUT2D eigenvalue weighted by Gasteiger charge is 2.23. The standard InChI is InChI=1S/C19H20O4S/c1-12(18(20)13-7-9-15(22-2)10-8-13)23-19(21)17-11-14-5-3-4-6-16(14)24-17/h7-12H,3-6H2,1-2H3/t12-/m1/s1. The monoisotopic (exact) mass is 344 g/mol. The number of esters is 1. The van der Waals surface area contributed by atoms with Gasteiger partial charge in [-0.05, 0) is 68.5 Å². The largest absolute Gasteiger partial charge is 0.497 e. The van der Waals surface area contributed by atoms with Crippen LogP contribution in [0.3, 0.4) is 0 Å². The van der Waals surface area contributed by atoms with Crippen molar-refractivity contribution in [2.45, 2.75) is 38.7 Å². The lowest BCUT2D eigenvalue weighted by molar-refractivity contribution is 0.0323. The van der Waals surface area contributed by atoms with Gasteiger partial charge in [0.05, 0.1) is 7.11 Å². The van der Waals surface area contributed by atoms with Gasteiger partial charge in [0.15, 0.2) is 6.10 Å². The van der Waals surface area contributed by atoms with Crippen LogP contribution >= 0.6 is 11.3 Å². The van der Waals surface area contributed by atoms with Gasteiger partial charge in [-0.15, -0.1) is 11.3 Å². The topological polar surface area (TPSA) is 52.6 Å². The molecule has 1 heterocycles. The van der Waals surface area contributed by atoms with E-state index < -0.39 is 12.1 Å². The van der Waals surface area contributed by atoms with Crippen molar-refractivity contribution in [1.82, 2.24) is 0 Å². The van der Waals surface area contributed by atoms with Crippen LogP contribution in [-0.2, 0) is 17.6 Å². The van der Waals surface area contributed by atoms with Crippen LogP contribution in [-0.4, -0.2) is 25.0 Å². The van der Waals surface area contributed by atoms with Crippen LogP contribution in [0.4, 0.5) is 0 Å². The number of hydrogen-bond donors (Lipinski definition) is 0. The number of benzene rings is 1. The molecule has 2 aromatic rings. The first-order valence-corrected chi connectivity index (χ1v) is 8.91. The predicted octanol–water partition coefficient (Wildman–Crippen LogP) is 4.06. The van der Waals surface area contributed by atoms with Crippen LogP contribution < -0.4 is 4.74 Å². The van der Waals surface area contributed by atoms with Gasteiger partial charge in [0, 0.05) is 10.4 Å². The number of methoxy groups -OCH3 is 1. The molecule has 1 aromatic heterocycles. The van der Waals surface area contributed by atoms with Gasteiger partial charge in [0.2, 0.25) is 5.78 Å². The molecule has 24 heavy (non-hydrogen) atoms. The van der Waals surface area contributed by atoms with E-state index in [1.807, 2.05) is 6.07 Å². The molecule has 0 radical (unpaired) electrons. The van der Waals surface area contributed by atoms with Gasteiger partial charge in [-0.3, -0.25) is 4.79 Å². The predicted molar refractivity (Wildman–Crippen MR) is 93.2 cm³/mol. The molecule has 126 valence electrons. The highest BCUT2D eigenvalue weighted by molar-refractivity contribution is 7.14. The summed E-state index contributed by atoms with van der Waals surface area (Å²) in [7, 11) is 1.57. The normalized spacial score (nSPS) is 14.6. The molecular weight excluding hydrogens is 324 g/mol. The Kier molecular flexibility index (Phi) is 5.00. The average Bonchev–Trinajstić information content (AvgIpc) is 3.05. The summed E-state index contributed by atoms with van der Waals surface area (Å²) in [5.74, 6) is 0.0523. The molecule has 5 heteroatoms. The van der Waals surface area contributed by atoms with Crippen molar-refractivity contribution in [3.05, 3.63) is 51.2 Å². The molecule has 1 aromatic carbocycles. The molecule has 0 saturated heterocycles. The number of hydrogen-bond acceptors (Lipinski definition) is 5. The number of ketones is 1. The number of fused-ring (bicyclic) bond motifs is 1. The summed E-state index contributed by atoms with van der Waals surface area (Å²) >= 11 is 1.50. The number of carbonyl (C=O) groups excluding carboxylic acids is 2. The fourth-order valence-corrected chi connectivity index (χ4v) is 3.99. The van der Waals surface area contributed by atoms with Crippen LogP contribution in [0.25, 0.3) is 0 Å². The zero-order chi connectivity index (χ0) is 17.1. The molecule has 3 rings (SSSR count). The van der Waals surface area contributed by atoms with Gasteiger partial charge >= 0.3 is 5.97 Å². The SMILES string of the molecule is COc1ccc(C(=O)[C@@H](C)OC(=O)c2cc3c(s2)CCCC3)cc1. The Morgan fingerprint density at radius 3 is 2.50 bits per heavy atom. The summed E-state index contributed by atoms with van der Waals surface area (Å²) in [6.45, 7) is 1.61. The van der Waals surface area contributed by atoms with Crippen LogP contribution in [0.15, 0.2) is 30.3 Å². The van der Waals surface area contributed by atoms with Crippen LogP contribution in [0.5, 0.6) is 5.75 Å². The molecule has 1 aliphatic carbocycles. The number of ether oxygens (including phenoxy) is 2. The third-order valence-electron chi connectivity index (χ3n) is 4.23. The van der Waals surface area contributed by atoms with E-state index in [2.05, 4.69) is 0 Å². The number of Topliss-reactive ketones (excluding diaryl/α,β-unsaturated/α-hetero) is 1. The minimum atomic E-state index is -0.815. The summed E-state index contributed by atoms with van der Waals surface area (Å²) in [5, 5.41) is 0. The quantitative estimate of drug-likeness (QED) is 0.606. The lowest BCUT2D eigenvalue weighted by Gasteiger charge is -2.12. The number of carbonyl (C=O) groups is 2. The minimum Gasteiger partial charge on any atom is -0.497 e. The molecule has 0 spiro atoms. The van der Waals surface area contributed by atoms with Gasteiger partial charge in [-0.2, -0.15) is 0 Å². The lowest BCUT2D eigenvalue weighted by atomic mass is 9.99. The summed E-state index contributed by atoms with van der Waals surface area (Å²) in [4.78, 5) is 26.6. The van der Waals surface area contributed by atoms with Crippen molar-refractivity contribution in [2.75, 3.05) is 7.11 Å². The van der Waals surface area contributed by atoms with Gasteiger partial charge in [-0.1, -0.05) is 0 Å². The molecule has 0 fully saturated rings. The highest BCUT2D eigenvalue weighted by atomic mass is 32.1. The zero-order valence-electron chi connectivity index (χ0n) is 13.8. The van der Waals surface area contributed by atoms with Crippen molar-refractivity contribution in [1.29, 1.82) is 0 Å². The van der Waals surface area contributed by atoms with Gasteiger partial charge in [0.1, 0.15) is 10.6 Å². The third kappa shape index (κ3) is 3.51. The van der Waals surface area contributed by atoms with E-state index in [9.17, 15) is 9.59 Å². The number of thiophene rings is 1. The van der Waals surface area contributed by atoms with E-state index in [-0.39, 0.29) is 5.78 Å². The van der Waals surface area contributed by atoms with Crippen molar-refractivity contribution in [3.8, 4) is 5.75 Å². The first-order chi connectivity index (χ1) is 11.6. The summed E-state index contributed by atoms with van der Waals surface area (Å²) in [5.41, 5.74) is 1.76. The second kappa shape index (κ2) is 7.18. The van der Waals surface area contributed by atoms with Crippen LogP contribution in [0.2, 0.25) is 0 Å². The van der Waals surface area contributed by atoms with Crippen molar-refractivity contribution < 1.29 is 19.1 Å². The van der Waals surface area contributed by atoms with Crippen LogP contribution in [0, 0.1) is 0 Å². The molecule has 0 aliphatic heterocycles. The molecular formula is C19H20O4S. The second-order valence-electron chi connectivity index (χ2n) is 5.91. The van der Waals surface area contributed by atoms with Gasteiger partial charge < -0.3 is 9.47 Å². The number of aryl methyl sites for hydroxylation is 2. The third-order valence-corrected chi connectivity index (χ3v) is 5.44. The van der Waals surface area contributed by atoms with Crippen molar-refractivity contribution in [2.24, 2.45) is 0 Å². The Hall–Kier alpha value is -2.14. The summed E-state index contributed by atoms with van der Waals surface area (Å²) < 4.78 is 10.5. The van der Waals surface area contributed by atoms with Crippen molar-refractivity contribution >= 4 is 23.1 Å². The van der Waals surface area contributed by atoms with Crippen molar-refractivity contribution in [3.63, 3.8) is 0 Å². The Balaban J connectivity index is 1.66. The summed E-state index contributed by atoms with van der Waals surface area (Å²) in [6.07, 6.45) is 3.59. The number of rotatable bonds is 5. The fourth-order valence-electron chi connectivity index (χ4n) is 2.85. The highest BCUT2D eigenvalue weighted by Crippen LogP contribution is 2.30. The molecule has 0 saturated carbocycles. The van der Waals surface area contributed by atoms with E-state index in [4.69, 9.17) is 9.47 Å². The van der Waals surface area contributed by atoms with Crippen LogP contribution in [0.1, 0.15) is 50.2 Å². The smallest absolute Gasteiger partial charge is 0.349 e. The lowest BCUT2D eigenvalue weighted by Crippen LogP contribution is -2.24. The Labute approximate surface area is 145 Å². The second-order valence-corrected chi connectivity index (χ2v) is 7.04. The molecule has 4 nitrogen and oxygen atoms in total. The zero-order valence-corrected chi connectivity index (χ0v) is 14.7. The fraction of sp³-hybridized carbons (Fsp3) is 0.368. The van der Waals surface area contributed by atoms with E-state index >= 15 is 0 Å². The maximum absolute atomic E-state index is 12.4. The molecule has 0 unspecified atom stereocenters. The summed E-state index contributed by atoms with van der Waals surface area (Å²) in [6, 6.07) is 8.71. The maximum atomic E-state index is 12.4. The maximum Gasteiger partial charge on any atom is 0.349 e. The first kappa shape index (κ1) is 16.7. The van der Waals surface area contributed by atoms with Gasteiger partial charge in [0.25, 0.3) is 0 Å². The van der Waals surface area contributed by atoms with E-state index in [0.29, 0.717) is 16.2 Å². The molecule has 0 bridgehead atoms. The first-order valence-electron chi connectivity index (χ1n) is 8.09. The molecule has 1 atom stereocenters. The minimum absolute atomic E-state index is 0.215. The molecule has 1 aliphatic rings. The molecule has 0 amide bonds. The molecule has 0 N–H and O–H groups in total. The van der Waals surface area contributed by atoms with E-state index in [1.54, 1.807) is 38.3 Å². The van der Waals surface area contributed by atoms with E-state index in [1.165, 1.54) is 34.6 Å². The van der Waals surface area contributed by atoms with E-state index in [0.717, 1.165) is 12.8 Å².